The highest BCUT2D eigenvalue weighted by atomic mass is 19.4. The summed E-state index contributed by atoms with van der Waals surface area (Å²) in [5.74, 6) is -0.391. The van der Waals surface area contributed by atoms with E-state index in [1.165, 1.54) is 23.1 Å². The molecule has 0 aromatic heterocycles. The van der Waals surface area contributed by atoms with Crippen LogP contribution in [0.15, 0.2) is 24.3 Å². The number of alkyl halides is 3. The molecule has 27 heavy (non-hydrogen) atoms. The molecule has 148 valence electrons. The average molecular weight is 384 g/mol. The summed E-state index contributed by atoms with van der Waals surface area (Å²) < 4.78 is 44.6. The van der Waals surface area contributed by atoms with Crippen molar-refractivity contribution in [1.82, 2.24) is 10.2 Å². The summed E-state index contributed by atoms with van der Waals surface area (Å²) in [5, 5.41) is 2.89. The molecule has 2 amide bonds. The molecule has 1 unspecified atom stereocenters. The van der Waals surface area contributed by atoms with Crippen molar-refractivity contribution in [3.63, 3.8) is 0 Å². The number of carbonyl (C=O) groups is 2. The number of hydrogen-bond acceptors (Lipinski definition) is 3. The molecule has 1 aromatic carbocycles. The van der Waals surface area contributed by atoms with Crippen LogP contribution in [-0.4, -0.2) is 43.0 Å². The lowest BCUT2D eigenvalue weighted by Gasteiger charge is -2.40. The van der Waals surface area contributed by atoms with E-state index >= 15 is 0 Å². The van der Waals surface area contributed by atoms with Crippen molar-refractivity contribution >= 4 is 11.8 Å². The van der Waals surface area contributed by atoms with Crippen LogP contribution in [0.25, 0.3) is 0 Å². The van der Waals surface area contributed by atoms with Gasteiger partial charge >= 0.3 is 6.18 Å². The molecule has 1 saturated carbocycles. The topological polar surface area (TPSA) is 58.6 Å². The Morgan fingerprint density at radius 2 is 2.04 bits per heavy atom. The number of likely N-dealkylation sites (tertiary alicyclic amines) is 1. The molecule has 2 fully saturated rings. The standard InChI is InChI=1S/C19H23F3N2O3/c1-27-12-18(7-4-8-18)17(26)23-14-9-16(25)24(11-14)10-13-5-2-3-6-15(13)19(20,21)22/h2-3,5-6,14H,4,7-12H2,1H3,(H,23,26). The Morgan fingerprint density at radius 3 is 2.63 bits per heavy atom. The second kappa shape index (κ2) is 7.50. The number of halogens is 3. The van der Waals surface area contributed by atoms with E-state index in [0.717, 1.165) is 25.3 Å². The number of benzene rings is 1. The monoisotopic (exact) mass is 384 g/mol. The predicted molar refractivity (Wildman–Crippen MR) is 91.6 cm³/mol. The Bertz CT molecular complexity index is 716. The third-order valence-electron chi connectivity index (χ3n) is 5.45. The first-order valence-corrected chi connectivity index (χ1v) is 8.98. The molecule has 1 N–H and O–H groups in total. The predicted octanol–water partition coefficient (Wildman–Crippen LogP) is 2.74. The van der Waals surface area contributed by atoms with Gasteiger partial charge in [0.2, 0.25) is 11.8 Å². The molecular weight excluding hydrogens is 361 g/mol. The number of hydrogen-bond donors (Lipinski definition) is 1. The number of nitrogens with zero attached hydrogens (tertiary/aromatic N) is 1. The summed E-state index contributed by atoms with van der Waals surface area (Å²) in [6.45, 7) is 0.423. The van der Waals surface area contributed by atoms with E-state index in [1.807, 2.05) is 0 Å². The minimum absolute atomic E-state index is 0.0557. The van der Waals surface area contributed by atoms with Crippen molar-refractivity contribution in [2.45, 2.75) is 44.4 Å². The summed E-state index contributed by atoms with van der Waals surface area (Å²) >= 11 is 0. The first-order valence-electron chi connectivity index (χ1n) is 8.98. The lowest BCUT2D eigenvalue weighted by atomic mass is 9.68. The molecule has 0 radical (unpaired) electrons. The molecule has 1 atom stereocenters. The summed E-state index contributed by atoms with van der Waals surface area (Å²) in [5.41, 5.74) is -1.22. The molecule has 5 nitrogen and oxygen atoms in total. The molecule has 1 saturated heterocycles. The normalized spacial score (nSPS) is 21.9. The fourth-order valence-corrected chi connectivity index (χ4v) is 3.82. The molecule has 2 aliphatic rings. The first kappa shape index (κ1) is 19.7. The van der Waals surface area contributed by atoms with Gasteiger partial charge in [-0.2, -0.15) is 13.2 Å². The van der Waals surface area contributed by atoms with Gasteiger partial charge in [0.15, 0.2) is 0 Å². The van der Waals surface area contributed by atoms with Gasteiger partial charge < -0.3 is 15.0 Å². The minimum Gasteiger partial charge on any atom is -0.384 e. The molecule has 1 aliphatic heterocycles. The van der Waals surface area contributed by atoms with E-state index in [-0.39, 0.29) is 36.9 Å². The summed E-state index contributed by atoms with van der Waals surface area (Å²) in [4.78, 5) is 26.2. The van der Waals surface area contributed by atoms with Gasteiger partial charge in [-0.1, -0.05) is 24.6 Å². The highest BCUT2D eigenvalue weighted by Gasteiger charge is 2.45. The van der Waals surface area contributed by atoms with Gasteiger partial charge in [0.1, 0.15) is 0 Å². The lowest BCUT2D eigenvalue weighted by molar-refractivity contribution is -0.141. The minimum atomic E-state index is -4.47. The number of rotatable bonds is 6. The molecular formula is C19H23F3N2O3. The number of ether oxygens (including phenoxy) is 1. The molecule has 0 spiro atoms. The van der Waals surface area contributed by atoms with Crippen LogP contribution in [0.3, 0.4) is 0 Å². The molecule has 3 rings (SSSR count). The van der Waals surface area contributed by atoms with Crippen molar-refractivity contribution < 1.29 is 27.5 Å². The fraction of sp³-hybridized carbons (Fsp3) is 0.579. The van der Waals surface area contributed by atoms with Gasteiger partial charge in [-0.25, -0.2) is 0 Å². The highest BCUT2D eigenvalue weighted by Crippen LogP contribution is 2.41. The van der Waals surface area contributed by atoms with Crippen molar-refractivity contribution in [1.29, 1.82) is 0 Å². The van der Waals surface area contributed by atoms with Crippen LogP contribution >= 0.6 is 0 Å². The molecule has 8 heteroatoms. The number of carbonyl (C=O) groups excluding carboxylic acids is 2. The zero-order chi connectivity index (χ0) is 19.7. The van der Waals surface area contributed by atoms with Gasteiger partial charge in [-0.3, -0.25) is 9.59 Å². The van der Waals surface area contributed by atoms with Crippen molar-refractivity contribution in [3.05, 3.63) is 35.4 Å². The van der Waals surface area contributed by atoms with Crippen LogP contribution in [0.5, 0.6) is 0 Å². The zero-order valence-electron chi connectivity index (χ0n) is 15.1. The fourth-order valence-electron chi connectivity index (χ4n) is 3.82. The first-order chi connectivity index (χ1) is 12.7. The van der Waals surface area contributed by atoms with Gasteiger partial charge in [-0.15, -0.1) is 0 Å². The smallest absolute Gasteiger partial charge is 0.384 e. The molecule has 1 aliphatic carbocycles. The average Bonchev–Trinajstić information content (AvgIpc) is 2.89. The Kier molecular flexibility index (Phi) is 5.46. The van der Waals surface area contributed by atoms with Crippen LogP contribution in [0.2, 0.25) is 0 Å². The van der Waals surface area contributed by atoms with E-state index < -0.39 is 23.2 Å². The lowest BCUT2D eigenvalue weighted by Crippen LogP contribution is -2.51. The van der Waals surface area contributed by atoms with Gasteiger partial charge in [-0.05, 0) is 24.5 Å². The molecule has 1 heterocycles. The van der Waals surface area contributed by atoms with Crippen LogP contribution in [-0.2, 0) is 27.0 Å². The zero-order valence-corrected chi connectivity index (χ0v) is 15.1. The largest absolute Gasteiger partial charge is 0.416 e. The van der Waals surface area contributed by atoms with Crippen molar-refractivity contribution in [2.75, 3.05) is 20.3 Å². The Morgan fingerprint density at radius 1 is 1.33 bits per heavy atom. The highest BCUT2D eigenvalue weighted by molar-refractivity contribution is 5.86. The SMILES string of the molecule is COCC1(C(=O)NC2CC(=O)N(Cc3ccccc3C(F)(F)F)C2)CCC1. The summed E-state index contributed by atoms with van der Waals surface area (Å²) in [7, 11) is 1.55. The summed E-state index contributed by atoms with van der Waals surface area (Å²) in [6, 6.07) is 4.85. The Labute approximate surface area is 155 Å². The third kappa shape index (κ3) is 4.10. The molecule has 0 bridgehead atoms. The van der Waals surface area contributed by atoms with Gasteiger partial charge in [0.05, 0.1) is 23.6 Å². The van der Waals surface area contributed by atoms with Gasteiger partial charge in [0.25, 0.3) is 0 Å². The van der Waals surface area contributed by atoms with E-state index in [0.29, 0.717) is 6.61 Å². The maximum absolute atomic E-state index is 13.1. The van der Waals surface area contributed by atoms with Crippen molar-refractivity contribution in [2.24, 2.45) is 5.41 Å². The summed E-state index contributed by atoms with van der Waals surface area (Å²) in [6.07, 6.45) is -1.92. The second-order valence-corrected chi connectivity index (χ2v) is 7.37. The van der Waals surface area contributed by atoms with E-state index in [1.54, 1.807) is 7.11 Å². The second-order valence-electron chi connectivity index (χ2n) is 7.37. The molecule has 1 aromatic rings. The van der Waals surface area contributed by atoms with Crippen LogP contribution in [0.4, 0.5) is 13.2 Å². The van der Waals surface area contributed by atoms with Crippen LogP contribution in [0.1, 0.15) is 36.8 Å². The van der Waals surface area contributed by atoms with E-state index in [9.17, 15) is 22.8 Å². The quantitative estimate of drug-likeness (QED) is 0.821. The van der Waals surface area contributed by atoms with Crippen molar-refractivity contribution in [3.8, 4) is 0 Å². The van der Waals surface area contributed by atoms with E-state index in [2.05, 4.69) is 5.32 Å². The maximum atomic E-state index is 13.1. The maximum Gasteiger partial charge on any atom is 0.416 e. The third-order valence-corrected chi connectivity index (χ3v) is 5.45. The Hall–Kier alpha value is -2.09. The van der Waals surface area contributed by atoms with E-state index in [4.69, 9.17) is 4.74 Å². The number of amides is 2. The van der Waals surface area contributed by atoms with Crippen LogP contribution < -0.4 is 5.32 Å². The number of nitrogens with one attached hydrogen (secondary N) is 1. The Balaban J connectivity index is 1.64. The number of methoxy groups -OCH3 is 1. The van der Waals surface area contributed by atoms with Crippen LogP contribution in [0, 0.1) is 5.41 Å². The van der Waals surface area contributed by atoms with Gasteiger partial charge in [0, 0.05) is 26.6 Å².